The summed E-state index contributed by atoms with van der Waals surface area (Å²) in [5, 5.41) is 9.54. The molecule has 0 aliphatic carbocycles. The van der Waals surface area contributed by atoms with Crippen LogP contribution in [-0.4, -0.2) is 21.5 Å². The summed E-state index contributed by atoms with van der Waals surface area (Å²) in [4.78, 5) is 15.3. The Hall–Kier alpha value is -1.71. The molecule has 22 heavy (non-hydrogen) atoms. The van der Waals surface area contributed by atoms with Gasteiger partial charge in [-0.15, -0.1) is 0 Å². The van der Waals surface area contributed by atoms with Crippen LogP contribution in [0.2, 0.25) is 5.02 Å². The maximum absolute atomic E-state index is 9.14. The van der Waals surface area contributed by atoms with Crippen LogP contribution in [0.5, 0.6) is 0 Å². The van der Waals surface area contributed by atoms with Crippen molar-refractivity contribution in [1.82, 2.24) is 15.0 Å². The van der Waals surface area contributed by atoms with Crippen LogP contribution >= 0.6 is 27.5 Å². The maximum Gasteiger partial charge on any atom is 0.150 e. The molecule has 0 radical (unpaired) electrons. The first-order valence-electron chi connectivity index (χ1n) is 6.99. The van der Waals surface area contributed by atoms with E-state index < -0.39 is 0 Å². The van der Waals surface area contributed by atoms with Crippen molar-refractivity contribution in [2.75, 3.05) is 11.4 Å². The molecular formula is C15H13BrClN5. The van der Waals surface area contributed by atoms with Gasteiger partial charge in [0.2, 0.25) is 0 Å². The minimum absolute atomic E-state index is 0.0285. The molecule has 0 bridgehead atoms. The second kappa shape index (κ2) is 6.59. The molecule has 1 aliphatic heterocycles. The lowest BCUT2D eigenvalue weighted by molar-refractivity contribution is 0.452. The summed E-state index contributed by atoms with van der Waals surface area (Å²) in [5.74, 6) is 1.39. The van der Waals surface area contributed by atoms with E-state index in [-0.39, 0.29) is 6.04 Å². The molecule has 1 atom stereocenters. The highest BCUT2D eigenvalue weighted by molar-refractivity contribution is 9.10. The molecule has 3 heterocycles. The fraction of sp³-hybridized carbons (Fsp3) is 0.333. The van der Waals surface area contributed by atoms with Gasteiger partial charge in [-0.2, -0.15) is 5.26 Å². The Morgan fingerprint density at radius 2 is 2.05 bits per heavy atom. The number of anilines is 1. The van der Waals surface area contributed by atoms with Crippen LogP contribution in [0.25, 0.3) is 0 Å². The zero-order chi connectivity index (χ0) is 15.5. The molecule has 5 nitrogen and oxygen atoms in total. The predicted molar refractivity (Wildman–Crippen MR) is 87.6 cm³/mol. The van der Waals surface area contributed by atoms with E-state index in [4.69, 9.17) is 16.9 Å². The summed E-state index contributed by atoms with van der Waals surface area (Å²) in [6, 6.07) is 3.76. The van der Waals surface area contributed by atoms with Gasteiger partial charge in [-0.25, -0.2) is 15.0 Å². The molecule has 7 heteroatoms. The third kappa shape index (κ3) is 2.92. The predicted octanol–water partition coefficient (Wildman–Crippen LogP) is 3.89. The molecular weight excluding hydrogens is 366 g/mol. The first kappa shape index (κ1) is 15.2. The van der Waals surface area contributed by atoms with E-state index in [9.17, 15) is 0 Å². The average molecular weight is 379 g/mol. The van der Waals surface area contributed by atoms with Crippen molar-refractivity contribution in [1.29, 1.82) is 5.26 Å². The fourth-order valence-corrected chi connectivity index (χ4v) is 3.13. The number of nitriles is 1. The van der Waals surface area contributed by atoms with Crippen LogP contribution in [0.4, 0.5) is 5.82 Å². The Morgan fingerprint density at radius 3 is 2.77 bits per heavy atom. The van der Waals surface area contributed by atoms with Gasteiger partial charge in [-0.05, 0) is 41.3 Å². The molecule has 2 aromatic rings. The van der Waals surface area contributed by atoms with E-state index in [1.165, 1.54) is 0 Å². The van der Waals surface area contributed by atoms with Gasteiger partial charge >= 0.3 is 0 Å². The molecule has 1 aliphatic rings. The van der Waals surface area contributed by atoms with Crippen LogP contribution in [0, 0.1) is 11.3 Å². The molecule has 0 N–H and O–H groups in total. The van der Waals surface area contributed by atoms with Crippen LogP contribution in [0.3, 0.4) is 0 Å². The van der Waals surface area contributed by atoms with E-state index in [1.54, 1.807) is 24.7 Å². The number of rotatable bonds is 2. The van der Waals surface area contributed by atoms with Crippen LogP contribution in [0.1, 0.15) is 36.7 Å². The Morgan fingerprint density at radius 1 is 1.27 bits per heavy atom. The number of piperidine rings is 1. The molecule has 112 valence electrons. The first-order chi connectivity index (χ1) is 10.7. The van der Waals surface area contributed by atoms with Gasteiger partial charge in [0.05, 0.1) is 16.1 Å². The summed E-state index contributed by atoms with van der Waals surface area (Å²) in [7, 11) is 0. The van der Waals surface area contributed by atoms with Crippen molar-refractivity contribution in [3.63, 3.8) is 0 Å². The van der Waals surface area contributed by atoms with Crippen molar-refractivity contribution in [2.24, 2.45) is 0 Å². The third-order valence-electron chi connectivity index (χ3n) is 3.70. The van der Waals surface area contributed by atoms with Gasteiger partial charge in [-0.1, -0.05) is 11.6 Å². The quantitative estimate of drug-likeness (QED) is 0.793. The zero-order valence-corrected chi connectivity index (χ0v) is 14.0. The second-order valence-corrected chi connectivity index (χ2v) is 6.37. The van der Waals surface area contributed by atoms with Gasteiger partial charge in [-0.3, -0.25) is 0 Å². The molecule has 0 aromatic carbocycles. The Kier molecular flexibility index (Phi) is 4.55. The van der Waals surface area contributed by atoms with Gasteiger partial charge in [0.1, 0.15) is 16.9 Å². The van der Waals surface area contributed by atoms with Crippen LogP contribution in [-0.2, 0) is 0 Å². The summed E-state index contributed by atoms with van der Waals surface area (Å²) < 4.78 is 0.848. The topological polar surface area (TPSA) is 65.7 Å². The largest absolute Gasteiger partial charge is 0.345 e. The monoisotopic (exact) mass is 377 g/mol. The standard InChI is InChI=1S/C15H13BrClN5/c16-11-8-20-14(21-9-11)12-3-1-2-6-22(12)15-13(17)10(7-18)4-5-19-15/h4-5,8-9,12H,1-3,6H2. The lowest BCUT2D eigenvalue weighted by Gasteiger charge is -2.36. The van der Waals surface area contributed by atoms with Gasteiger partial charge in [0.25, 0.3) is 0 Å². The minimum atomic E-state index is 0.0285. The number of hydrogen-bond acceptors (Lipinski definition) is 5. The maximum atomic E-state index is 9.14. The van der Waals surface area contributed by atoms with Crippen molar-refractivity contribution in [3.8, 4) is 6.07 Å². The van der Waals surface area contributed by atoms with Gasteiger partial charge in [0, 0.05) is 25.1 Å². The number of nitrogens with zero attached hydrogens (tertiary/aromatic N) is 5. The lowest BCUT2D eigenvalue weighted by atomic mass is 10.0. The summed E-state index contributed by atoms with van der Waals surface area (Å²) in [5.41, 5.74) is 0.438. The van der Waals surface area contributed by atoms with E-state index in [0.717, 1.165) is 36.1 Å². The minimum Gasteiger partial charge on any atom is -0.345 e. The van der Waals surface area contributed by atoms with E-state index in [0.29, 0.717) is 16.4 Å². The van der Waals surface area contributed by atoms with Gasteiger partial charge in [0.15, 0.2) is 5.82 Å². The van der Waals surface area contributed by atoms with Crippen molar-refractivity contribution >= 4 is 33.3 Å². The van der Waals surface area contributed by atoms with E-state index >= 15 is 0 Å². The molecule has 2 aromatic heterocycles. The zero-order valence-electron chi connectivity index (χ0n) is 11.7. The molecule has 1 unspecified atom stereocenters. The second-order valence-electron chi connectivity index (χ2n) is 5.07. The molecule has 0 spiro atoms. The number of halogens is 2. The molecule has 3 rings (SSSR count). The smallest absolute Gasteiger partial charge is 0.150 e. The number of hydrogen-bond donors (Lipinski definition) is 0. The highest BCUT2D eigenvalue weighted by Gasteiger charge is 2.29. The SMILES string of the molecule is N#Cc1ccnc(N2CCCCC2c2ncc(Br)cn2)c1Cl. The lowest BCUT2D eigenvalue weighted by Crippen LogP contribution is -2.35. The van der Waals surface area contributed by atoms with Crippen molar-refractivity contribution in [2.45, 2.75) is 25.3 Å². The number of pyridine rings is 1. The normalized spacial score (nSPS) is 18.0. The van der Waals surface area contributed by atoms with Crippen molar-refractivity contribution in [3.05, 3.63) is 45.5 Å². The molecule has 0 amide bonds. The first-order valence-corrected chi connectivity index (χ1v) is 8.16. The van der Waals surface area contributed by atoms with Crippen LogP contribution in [0.15, 0.2) is 29.1 Å². The van der Waals surface area contributed by atoms with E-state index in [1.807, 2.05) is 0 Å². The summed E-state index contributed by atoms with van der Waals surface area (Å²) >= 11 is 9.70. The average Bonchev–Trinajstić information content (AvgIpc) is 2.56. The summed E-state index contributed by atoms with van der Waals surface area (Å²) in [6.45, 7) is 0.825. The fourth-order valence-electron chi connectivity index (χ4n) is 2.67. The Bertz CT molecular complexity index is 713. The van der Waals surface area contributed by atoms with Crippen LogP contribution < -0.4 is 4.90 Å². The third-order valence-corrected chi connectivity index (χ3v) is 4.49. The number of aromatic nitrogens is 3. The Balaban J connectivity index is 2.00. The van der Waals surface area contributed by atoms with Gasteiger partial charge < -0.3 is 4.90 Å². The molecule has 0 saturated carbocycles. The molecule has 1 saturated heterocycles. The molecule has 1 fully saturated rings. The van der Waals surface area contributed by atoms with Crippen molar-refractivity contribution < 1.29 is 0 Å². The highest BCUT2D eigenvalue weighted by Crippen LogP contribution is 2.36. The Labute approximate surface area is 142 Å². The highest BCUT2D eigenvalue weighted by atomic mass is 79.9. The summed E-state index contributed by atoms with van der Waals surface area (Å²) in [6.07, 6.45) is 8.22. The van der Waals surface area contributed by atoms with E-state index in [2.05, 4.69) is 41.9 Å².